The number of rotatable bonds is 7. The van der Waals surface area contributed by atoms with Crippen LogP contribution >= 0.6 is 0 Å². The van der Waals surface area contributed by atoms with Gasteiger partial charge in [-0.15, -0.1) is 0 Å². The molecule has 1 atom stereocenters. The molecule has 0 heterocycles. The maximum Gasteiger partial charge on any atom is 0.154 e. The lowest BCUT2D eigenvalue weighted by atomic mass is 10.2. The lowest BCUT2D eigenvalue weighted by molar-refractivity contribution is -0.150. The maximum atomic E-state index is 10.1. The van der Waals surface area contributed by atoms with E-state index in [1.807, 2.05) is 0 Å². The number of hydrogen-bond acceptors (Lipinski definition) is 4. The van der Waals surface area contributed by atoms with Crippen molar-refractivity contribution in [1.29, 1.82) is 0 Å². The number of aldehydes is 2. The van der Waals surface area contributed by atoms with Crippen LogP contribution in [0.4, 0.5) is 0 Å². The van der Waals surface area contributed by atoms with Gasteiger partial charge in [0.05, 0.1) is 6.10 Å². The van der Waals surface area contributed by atoms with Gasteiger partial charge in [0.1, 0.15) is 12.6 Å². The van der Waals surface area contributed by atoms with E-state index in [9.17, 15) is 9.59 Å². The van der Waals surface area contributed by atoms with E-state index in [2.05, 4.69) is 0 Å². The van der Waals surface area contributed by atoms with Gasteiger partial charge in [-0.1, -0.05) is 0 Å². The smallest absolute Gasteiger partial charge is 0.154 e. The fourth-order valence-electron chi connectivity index (χ4n) is 0.749. The average Bonchev–Trinajstić information content (AvgIpc) is 2.05. The van der Waals surface area contributed by atoms with Crippen molar-refractivity contribution in [2.24, 2.45) is 0 Å². The third-order valence-corrected chi connectivity index (χ3v) is 1.43. The van der Waals surface area contributed by atoms with Gasteiger partial charge < -0.3 is 19.1 Å². The van der Waals surface area contributed by atoms with Crippen LogP contribution in [0.2, 0.25) is 0 Å². The second kappa shape index (κ2) is 6.94. The zero-order valence-corrected chi connectivity index (χ0v) is 7.36. The Kier molecular flexibility index (Phi) is 6.51. The SMILES string of the molecule is COC(C)OC(CC=O)CC=O. The van der Waals surface area contributed by atoms with Gasteiger partial charge in [0.15, 0.2) is 6.29 Å². The zero-order valence-electron chi connectivity index (χ0n) is 7.36. The Morgan fingerprint density at radius 1 is 1.25 bits per heavy atom. The van der Waals surface area contributed by atoms with Crippen molar-refractivity contribution in [2.75, 3.05) is 7.11 Å². The first-order valence-electron chi connectivity index (χ1n) is 3.80. The molecule has 0 aromatic heterocycles. The topological polar surface area (TPSA) is 52.6 Å². The molecule has 0 bridgehead atoms. The third-order valence-electron chi connectivity index (χ3n) is 1.43. The molecule has 12 heavy (non-hydrogen) atoms. The lowest BCUT2D eigenvalue weighted by Crippen LogP contribution is -2.22. The Balaban J connectivity index is 3.75. The highest BCUT2D eigenvalue weighted by Gasteiger charge is 2.11. The fourth-order valence-corrected chi connectivity index (χ4v) is 0.749. The molecule has 0 aliphatic carbocycles. The monoisotopic (exact) mass is 174 g/mol. The summed E-state index contributed by atoms with van der Waals surface area (Å²) in [4.78, 5) is 20.2. The summed E-state index contributed by atoms with van der Waals surface area (Å²) in [6.45, 7) is 1.71. The van der Waals surface area contributed by atoms with E-state index in [0.29, 0.717) is 0 Å². The van der Waals surface area contributed by atoms with Crippen LogP contribution in [0.5, 0.6) is 0 Å². The largest absolute Gasteiger partial charge is 0.356 e. The van der Waals surface area contributed by atoms with E-state index in [1.165, 1.54) is 7.11 Å². The fraction of sp³-hybridized carbons (Fsp3) is 0.750. The Morgan fingerprint density at radius 3 is 2.08 bits per heavy atom. The normalized spacial score (nSPS) is 12.9. The highest BCUT2D eigenvalue weighted by molar-refractivity contribution is 5.54. The van der Waals surface area contributed by atoms with Crippen molar-refractivity contribution in [2.45, 2.75) is 32.2 Å². The Labute approximate surface area is 71.8 Å². The minimum atomic E-state index is -0.380. The Bertz CT molecular complexity index is 125. The van der Waals surface area contributed by atoms with E-state index in [1.54, 1.807) is 6.92 Å². The average molecular weight is 174 g/mol. The molecule has 4 nitrogen and oxygen atoms in total. The molecule has 0 aliphatic rings. The molecular formula is C8H14O4. The third kappa shape index (κ3) is 4.98. The molecule has 4 heteroatoms. The van der Waals surface area contributed by atoms with E-state index >= 15 is 0 Å². The number of methoxy groups -OCH3 is 1. The first-order chi connectivity index (χ1) is 5.74. The summed E-state index contributed by atoms with van der Waals surface area (Å²) in [5.41, 5.74) is 0. The molecule has 1 unspecified atom stereocenters. The second-order valence-electron chi connectivity index (χ2n) is 2.37. The van der Waals surface area contributed by atoms with Gasteiger partial charge in [0, 0.05) is 20.0 Å². The van der Waals surface area contributed by atoms with Gasteiger partial charge in [0.25, 0.3) is 0 Å². The molecule has 0 saturated heterocycles. The highest BCUT2D eigenvalue weighted by atomic mass is 16.7. The summed E-state index contributed by atoms with van der Waals surface area (Å²) in [7, 11) is 1.50. The predicted molar refractivity (Wildman–Crippen MR) is 42.7 cm³/mol. The van der Waals surface area contributed by atoms with Gasteiger partial charge in [-0.3, -0.25) is 0 Å². The van der Waals surface area contributed by atoms with Crippen molar-refractivity contribution in [1.82, 2.24) is 0 Å². The van der Waals surface area contributed by atoms with Crippen LogP contribution in [0.3, 0.4) is 0 Å². The second-order valence-corrected chi connectivity index (χ2v) is 2.37. The van der Waals surface area contributed by atoms with Gasteiger partial charge in [0.2, 0.25) is 0 Å². The van der Waals surface area contributed by atoms with Crippen LogP contribution in [0, 0.1) is 0 Å². The number of carbonyl (C=O) groups is 2. The van der Waals surface area contributed by atoms with Gasteiger partial charge in [-0.2, -0.15) is 0 Å². The van der Waals surface area contributed by atoms with E-state index in [-0.39, 0.29) is 25.2 Å². The molecule has 0 aromatic rings. The molecule has 0 saturated carbocycles. The molecule has 0 rings (SSSR count). The molecular weight excluding hydrogens is 160 g/mol. The Hall–Kier alpha value is -0.740. The molecule has 0 radical (unpaired) electrons. The molecule has 0 amide bonds. The standard InChI is InChI=1S/C8H14O4/c1-7(11-2)12-8(3-5-9)4-6-10/h5-8H,3-4H2,1-2H3. The van der Waals surface area contributed by atoms with Crippen LogP contribution in [-0.4, -0.2) is 32.1 Å². The van der Waals surface area contributed by atoms with Crippen molar-refractivity contribution < 1.29 is 19.1 Å². The van der Waals surface area contributed by atoms with Crippen LogP contribution in [0.25, 0.3) is 0 Å². The Morgan fingerprint density at radius 2 is 1.75 bits per heavy atom. The van der Waals surface area contributed by atoms with E-state index < -0.39 is 0 Å². The van der Waals surface area contributed by atoms with Crippen LogP contribution in [0.1, 0.15) is 19.8 Å². The molecule has 0 spiro atoms. The number of ether oxygens (including phenoxy) is 2. The molecule has 0 fully saturated rings. The first-order valence-corrected chi connectivity index (χ1v) is 3.80. The van der Waals surface area contributed by atoms with E-state index in [4.69, 9.17) is 9.47 Å². The molecule has 70 valence electrons. The first kappa shape index (κ1) is 11.3. The molecule has 0 aliphatic heterocycles. The van der Waals surface area contributed by atoms with Crippen molar-refractivity contribution in [3.8, 4) is 0 Å². The summed E-state index contributed by atoms with van der Waals surface area (Å²) in [5, 5.41) is 0. The van der Waals surface area contributed by atoms with Crippen LogP contribution < -0.4 is 0 Å². The number of hydrogen-bond donors (Lipinski definition) is 0. The minimum absolute atomic E-state index is 0.229. The van der Waals surface area contributed by atoms with Crippen LogP contribution in [0.15, 0.2) is 0 Å². The quantitative estimate of drug-likeness (QED) is 0.417. The predicted octanol–water partition coefficient (Wildman–Crippen LogP) is 0.542. The highest BCUT2D eigenvalue weighted by Crippen LogP contribution is 2.04. The van der Waals surface area contributed by atoms with Gasteiger partial charge in [-0.25, -0.2) is 0 Å². The summed E-state index contributed by atoms with van der Waals surface area (Å²) in [6.07, 6.45) is 1.19. The van der Waals surface area contributed by atoms with Crippen molar-refractivity contribution >= 4 is 12.6 Å². The zero-order chi connectivity index (χ0) is 9.40. The van der Waals surface area contributed by atoms with Crippen molar-refractivity contribution in [3.05, 3.63) is 0 Å². The van der Waals surface area contributed by atoms with Gasteiger partial charge >= 0.3 is 0 Å². The van der Waals surface area contributed by atoms with Gasteiger partial charge in [-0.05, 0) is 6.92 Å². The summed E-state index contributed by atoms with van der Waals surface area (Å²) < 4.78 is 10.0. The van der Waals surface area contributed by atoms with Crippen LogP contribution in [-0.2, 0) is 19.1 Å². The summed E-state index contributed by atoms with van der Waals surface area (Å²) in [6, 6.07) is 0. The summed E-state index contributed by atoms with van der Waals surface area (Å²) in [5.74, 6) is 0. The van der Waals surface area contributed by atoms with Crippen molar-refractivity contribution in [3.63, 3.8) is 0 Å². The summed E-state index contributed by atoms with van der Waals surface area (Å²) >= 11 is 0. The minimum Gasteiger partial charge on any atom is -0.356 e. The molecule has 0 N–H and O–H groups in total. The lowest BCUT2D eigenvalue weighted by Gasteiger charge is -2.17. The van der Waals surface area contributed by atoms with E-state index in [0.717, 1.165) is 12.6 Å². The maximum absolute atomic E-state index is 10.1. The molecule has 0 aromatic carbocycles. The number of carbonyl (C=O) groups excluding carboxylic acids is 2.